The van der Waals surface area contributed by atoms with Gasteiger partial charge in [-0.2, -0.15) is 5.10 Å². The van der Waals surface area contributed by atoms with E-state index in [4.69, 9.17) is 16.3 Å². The summed E-state index contributed by atoms with van der Waals surface area (Å²) in [5.74, 6) is 0.691. The van der Waals surface area contributed by atoms with E-state index in [1.165, 1.54) is 5.56 Å². The molecule has 0 saturated carbocycles. The number of hydrogen-bond acceptors (Lipinski definition) is 4. The average Bonchev–Trinajstić information content (AvgIpc) is 3.26. The van der Waals surface area contributed by atoms with E-state index in [-0.39, 0.29) is 12.6 Å². The van der Waals surface area contributed by atoms with Gasteiger partial charge in [0.15, 0.2) is 12.4 Å². The van der Waals surface area contributed by atoms with E-state index in [0.29, 0.717) is 18.8 Å². The molecule has 1 aliphatic rings. The SMILES string of the molecule is Cc1cc(OCn2ccc(C(=O)N3CCN(Cc4ccccc4Br)CC3)n2)cc(C)c1Cl. The molecule has 1 amide bonds. The number of amides is 1. The zero-order valence-corrected chi connectivity index (χ0v) is 20.6. The predicted molar refractivity (Wildman–Crippen MR) is 129 cm³/mol. The molecular weight excluding hydrogens is 492 g/mol. The zero-order chi connectivity index (χ0) is 22.7. The van der Waals surface area contributed by atoms with E-state index in [1.807, 2.05) is 36.9 Å². The molecule has 0 unspecified atom stereocenters. The first-order chi connectivity index (χ1) is 15.4. The summed E-state index contributed by atoms with van der Waals surface area (Å²) in [6.07, 6.45) is 1.77. The summed E-state index contributed by atoms with van der Waals surface area (Å²) in [6.45, 7) is 8.06. The summed E-state index contributed by atoms with van der Waals surface area (Å²) in [5, 5.41) is 5.17. The van der Waals surface area contributed by atoms with E-state index in [9.17, 15) is 4.79 Å². The number of nitrogens with zero attached hydrogens (tertiary/aromatic N) is 4. The van der Waals surface area contributed by atoms with E-state index in [2.05, 4.69) is 44.1 Å². The smallest absolute Gasteiger partial charge is 0.274 e. The Balaban J connectivity index is 1.30. The minimum Gasteiger partial charge on any atom is -0.471 e. The molecule has 1 aromatic heterocycles. The van der Waals surface area contributed by atoms with Crippen LogP contribution in [0.2, 0.25) is 5.02 Å². The Morgan fingerprint density at radius 3 is 2.47 bits per heavy atom. The van der Waals surface area contributed by atoms with Gasteiger partial charge in [-0.05, 0) is 54.8 Å². The van der Waals surface area contributed by atoms with Crippen molar-refractivity contribution in [3.63, 3.8) is 0 Å². The second-order valence-corrected chi connectivity index (χ2v) is 9.28. The molecule has 0 aliphatic carbocycles. The maximum absolute atomic E-state index is 12.9. The third-order valence-corrected chi connectivity index (χ3v) is 7.01. The maximum atomic E-state index is 12.9. The molecule has 168 valence electrons. The molecule has 1 fully saturated rings. The molecule has 0 atom stereocenters. The normalized spacial score (nSPS) is 14.6. The Kier molecular flexibility index (Phi) is 7.18. The van der Waals surface area contributed by atoms with Crippen molar-refractivity contribution < 1.29 is 9.53 Å². The van der Waals surface area contributed by atoms with Gasteiger partial charge in [-0.15, -0.1) is 0 Å². The number of piperazine rings is 1. The van der Waals surface area contributed by atoms with E-state index < -0.39 is 0 Å². The topological polar surface area (TPSA) is 50.6 Å². The van der Waals surface area contributed by atoms with Crippen molar-refractivity contribution in [3.8, 4) is 5.75 Å². The monoisotopic (exact) mass is 516 g/mol. The number of aryl methyl sites for hydroxylation is 2. The number of hydrogen-bond donors (Lipinski definition) is 0. The molecule has 6 nitrogen and oxygen atoms in total. The molecule has 32 heavy (non-hydrogen) atoms. The first-order valence-electron chi connectivity index (χ1n) is 10.6. The molecule has 1 aliphatic heterocycles. The molecule has 2 heterocycles. The van der Waals surface area contributed by atoms with Crippen LogP contribution in [0, 0.1) is 13.8 Å². The summed E-state index contributed by atoms with van der Waals surface area (Å²) < 4.78 is 8.59. The number of ether oxygens (including phenoxy) is 1. The first-order valence-corrected chi connectivity index (χ1v) is 11.8. The lowest BCUT2D eigenvalue weighted by molar-refractivity contribution is 0.0620. The van der Waals surface area contributed by atoms with Gasteiger partial charge in [-0.25, -0.2) is 4.68 Å². The van der Waals surface area contributed by atoms with E-state index in [0.717, 1.165) is 46.0 Å². The molecule has 0 spiro atoms. The summed E-state index contributed by atoms with van der Waals surface area (Å²) in [6, 6.07) is 13.8. The third-order valence-electron chi connectivity index (χ3n) is 5.64. The second-order valence-electron chi connectivity index (χ2n) is 8.04. The van der Waals surface area contributed by atoms with Gasteiger partial charge in [0.1, 0.15) is 5.75 Å². The number of carbonyl (C=O) groups is 1. The molecular formula is C24H26BrClN4O2. The van der Waals surface area contributed by atoms with Crippen LogP contribution in [0.15, 0.2) is 53.1 Å². The highest BCUT2D eigenvalue weighted by Crippen LogP contribution is 2.26. The summed E-state index contributed by atoms with van der Waals surface area (Å²) in [5.41, 5.74) is 3.64. The molecule has 2 aromatic carbocycles. The van der Waals surface area contributed by atoms with Crippen molar-refractivity contribution in [3.05, 3.63) is 80.5 Å². The lowest BCUT2D eigenvalue weighted by atomic mass is 10.1. The minimum atomic E-state index is -0.0394. The fourth-order valence-electron chi connectivity index (χ4n) is 3.82. The summed E-state index contributed by atoms with van der Waals surface area (Å²) in [7, 11) is 0. The van der Waals surface area contributed by atoms with Crippen molar-refractivity contribution in [1.29, 1.82) is 0 Å². The van der Waals surface area contributed by atoms with Crippen LogP contribution in [-0.4, -0.2) is 51.7 Å². The predicted octanol–water partition coefficient (Wildman–Crippen LogP) is 4.91. The molecule has 3 aromatic rings. The van der Waals surface area contributed by atoms with Crippen LogP contribution in [0.5, 0.6) is 5.75 Å². The molecule has 0 bridgehead atoms. The third kappa shape index (κ3) is 5.34. The molecule has 0 N–H and O–H groups in total. The molecule has 0 radical (unpaired) electrons. The van der Waals surface area contributed by atoms with Gasteiger partial charge in [0.05, 0.1) is 0 Å². The Bertz CT molecular complexity index is 1090. The van der Waals surface area contributed by atoms with Crippen molar-refractivity contribution in [2.24, 2.45) is 0 Å². The standard InChI is InChI=1S/C24H26BrClN4O2/c1-17-13-20(14-18(2)23(17)26)32-16-30-8-7-22(27-30)24(31)29-11-9-28(10-12-29)15-19-5-3-4-6-21(19)25/h3-8,13-14H,9-12,15-16H2,1-2H3. The lowest BCUT2D eigenvalue weighted by Gasteiger charge is -2.34. The van der Waals surface area contributed by atoms with Gasteiger partial charge in [-0.3, -0.25) is 9.69 Å². The first kappa shape index (κ1) is 22.8. The fourth-order valence-corrected chi connectivity index (χ4v) is 4.34. The number of halogens is 2. The van der Waals surface area contributed by atoms with Crippen molar-refractivity contribution in [2.45, 2.75) is 27.1 Å². The van der Waals surface area contributed by atoms with Crippen LogP contribution in [0.1, 0.15) is 27.2 Å². The fraction of sp³-hybridized carbons (Fsp3) is 0.333. The van der Waals surface area contributed by atoms with Gasteiger partial charge in [-0.1, -0.05) is 45.7 Å². The molecule has 4 rings (SSSR count). The largest absolute Gasteiger partial charge is 0.471 e. The van der Waals surface area contributed by atoms with Gasteiger partial charge < -0.3 is 9.64 Å². The van der Waals surface area contributed by atoms with Crippen LogP contribution in [0.25, 0.3) is 0 Å². The Morgan fingerprint density at radius 2 is 1.78 bits per heavy atom. The van der Waals surface area contributed by atoms with Crippen LogP contribution < -0.4 is 4.74 Å². The van der Waals surface area contributed by atoms with Crippen LogP contribution in [-0.2, 0) is 13.3 Å². The van der Waals surface area contributed by atoms with Gasteiger partial charge >= 0.3 is 0 Å². The average molecular weight is 518 g/mol. The lowest BCUT2D eigenvalue weighted by Crippen LogP contribution is -2.48. The van der Waals surface area contributed by atoms with Gasteiger partial charge in [0, 0.05) is 48.4 Å². The summed E-state index contributed by atoms with van der Waals surface area (Å²) >= 11 is 9.83. The highest BCUT2D eigenvalue weighted by atomic mass is 79.9. The second kappa shape index (κ2) is 10.1. The Labute approximate surface area is 201 Å². The van der Waals surface area contributed by atoms with Crippen LogP contribution in [0.3, 0.4) is 0 Å². The van der Waals surface area contributed by atoms with E-state index >= 15 is 0 Å². The number of aromatic nitrogens is 2. The van der Waals surface area contributed by atoms with Gasteiger partial charge in [0.25, 0.3) is 5.91 Å². The van der Waals surface area contributed by atoms with Crippen molar-refractivity contribution in [1.82, 2.24) is 19.6 Å². The maximum Gasteiger partial charge on any atom is 0.274 e. The molecule has 8 heteroatoms. The van der Waals surface area contributed by atoms with Crippen LogP contribution >= 0.6 is 27.5 Å². The van der Waals surface area contributed by atoms with Crippen molar-refractivity contribution >= 4 is 33.4 Å². The Morgan fingerprint density at radius 1 is 1.09 bits per heavy atom. The summed E-state index contributed by atoms with van der Waals surface area (Å²) in [4.78, 5) is 17.1. The number of carbonyl (C=O) groups excluding carboxylic acids is 1. The Hall–Kier alpha value is -2.35. The minimum absolute atomic E-state index is 0.0394. The van der Waals surface area contributed by atoms with Gasteiger partial charge in [0.2, 0.25) is 0 Å². The molecule has 1 saturated heterocycles. The highest BCUT2D eigenvalue weighted by molar-refractivity contribution is 9.10. The zero-order valence-electron chi connectivity index (χ0n) is 18.2. The quantitative estimate of drug-likeness (QED) is 0.466. The van der Waals surface area contributed by atoms with Crippen molar-refractivity contribution in [2.75, 3.05) is 26.2 Å². The van der Waals surface area contributed by atoms with E-state index in [1.54, 1.807) is 16.9 Å². The number of benzene rings is 2. The highest BCUT2D eigenvalue weighted by Gasteiger charge is 2.24. The number of rotatable bonds is 6. The van der Waals surface area contributed by atoms with Crippen LogP contribution in [0.4, 0.5) is 0 Å².